The van der Waals surface area contributed by atoms with Crippen molar-refractivity contribution in [2.75, 3.05) is 26.7 Å². The third-order valence-electron chi connectivity index (χ3n) is 3.88. The molecule has 1 rings (SSSR count). The molecule has 2 unspecified atom stereocenters. The highest BCUT2D eigenvalue weighted by molar-refractivity contribution is 5.79. The second-order valence-electron chi connectivity index (χ2n) is 5.18. The molecular formula is C14H30N4. The van der Waals surface area contributed by atoms with E-state index in [1.807, 2.05) is 7.05 Å². The number of nitrogens with one attached hydrogen (secondary N) is 2. The van der Waals surface area contributed by atoms with E-state index in [2.05, 4.69) is 41.3 Å². The number of piperidine rings is 1. The van der Waals surface area contributed by atoms with Crippen LogP contribution in [-0.4, -0.2) is 49.6 Å². The Kier molecular flexibility index (Phi) is 7.09. The van der Waals surface area contributed by atoms with Crippen LogP contribution in [0, 0.1) is 0 Å². The van der Waals surface area contributed by atoms with E-state index in [0.717, 1.165) is 25.5 Å². The minimum atomic E-state index is 0.477. The largest absolute Gasteiger partial charge is 0.355 e. The van der Waals surface area contributed by atoms with Gasteiger partial charge in [-0.05, 0) is 39.3 Å². The molecular weight excluding hydrogens is 224 g/mol. The summed E-state index contributed by atoms with van der Waals surface area (Å²) in [5.74, 6) is 0.936. The number of hydrogen-bond donors (Lipinski definition) is 2. The molecule has 0 bridgehead atoms. The van der Waals surface area contributed by atoms with E-state index in [-0.39, 0.29) is 0 Å². The van der Waals surface area contributed by atoms with Crippen molar-refractivity contribution in [3.8, 4) is 0 Å². The fourth-order valence-corrected chi connectivity index (χ4v) is 2.45. The number of likely N-dealkylation sites (N-methyl/N-ethyl adjacent to an activating group) is 1. The Balaban J connectivity index is 2.37. The Morgan fingerprint density at radius 3 is 2.78 bits per heavy atom. The van der Waals surface area contributed by atoms with E-state index in [4.69, 9.17) is 0 Å². The van der Waals surface area contributed by atoms with E-state index >= 15 is 0 Å². The zero-order valence-electron chi connectivity index (χ0n) is 12.5. The smallest absolute Gasteiger partial charge is 0.191 e. The van der Waals surface area contributed by atoms with Crippen LogP contribution in [0.25, 0.3) is 0 Å². The van der Waals surface area contributed by atoms with Crippen molar-refractivity contribution < 1.29 is 0 Å². The van der Waals surface area contributed by atoms with Crippen molar-refractivity contribution >= 4 is 5.96 Å². The summed E-state index contributed by atoms with van der Waals surface area (Å²) in [6, 6.07) is 1.14. The summed E-state index contributed by atoms with van der Waals surface area (Å²) in [4.78, 5) is 6.86. The average Bonchev–Trinajstić information content (AvgIpc) is 2.43. The molecule has 1 saturated heterocycles. The van der Waals surface area contributed by atoms with Crippen LogP contribution in [0.5, 0.6) is 0 Å². The van der Waals surface area contributed by atoms with Gasteiger partial charge in [-0.3, -0.25) is 9.89 Å². The van der Waals surface area contributed by atoms with Gasteiger partial charge < -0.3 is 10.6 Å². The molecule has 0 aromatic rings. The summed E-state index contributed by atoms with van der Waals surface area (Å²) in [5, 5.41) is 6.87. The van der Waals surface area contributed by atoms with E-state index < -0.39 is 0 Å². The lowest BCUT2D eigenvalue weighted by Gasteiger charge is -2.35. The van der Waals surface area contributed by atoms with Crippen LogP contribution in [0.4, 0.5) is 0 Å². The molecule has 0 aromatic carbocycles. The van der Waals surface area contributed by atoms with Gasteiger partial charge in [0.1, 0.15) is 0 Å². The molecule has 0 radical (unpaired) electrons. The standard InChI is InChI=1S/C14H30N4/c1-5-12(3)17-14(15-4)16-11-13-9-7-8-10-18(13)6-2/h12-13H,5-11H2,1-4H3,(H2,15,16,17). The number of nitrogens with zero attached hydrogens (tertiary/aromatic N) is 2. The van der Waals surface area contributed by atoms with Crippen molar-refractivity contribution in [3.05, 3.63) is 0 Å². The fraction of sp³-hybridized carbons (Fsp3) is 0.929. The summed E-state index contributed by atoms with van der Waals surface area (Å²) >= 11 is 0. The van der Waals surface area contributed by atoms with Crippen LogP contribution in [0.15, 0.2) is 4.99 Å². The van der Waals surface area contributed by atoms with E-state index in [9.17, 15) is 0 Å². The Hall–Kier alpha value is -0.770. The van der Waals surface area contributed by atoms with Crippen LogP contribution in [0.1, 0.15) is 46.5 Å². The lowest BCUT2D eigenvalue weighted by Crippen LogP contribution is -2.50. The first kappa shape index (κ1) is 15.3. The van der Waals surface area contributed by atoms with Gasteiger partial charge in [0, 0.05) is 25.7 Å². The SMILES string of the molecule is CCC(C)NC(=NC)NCC1CCCCN1CC. The topological polar surface area (TPSA) is 39.7 Å². The Morgan fingerprint density at radius 2 is 2.17 bits per heavy atom. The molecule has 106 valence electrons. The molecule has 18 heavy (non-hydrogen) atoms. The predicted octanol–water partition coefficient (Wildman–Crippen LogP) is 1.82. The van der Waals surface area contributed by atoms with E-state index in [1.165, 1.54) is 25.8 Å². The van der Waals surface area contributed by atoms with Gasteiger partial charge in [0.2, 0.25) is 0 Å². The van der Waals surface area contributed by atoms with Gasteiger partial charge >= 0.3 is 0 Å². The summed E-state index contributed by atoms with van der Waals surface area (Å²) in [5.41, 5.74) is 0. The molecule has 4 nitrogen and oxygen atoms in total. The van der Waals surface area contributed by atoms with Gasteiger partial charge in [0.15, 0.2) is 5.96 Å². The van der Waals surface area contributed by atoms with Crippen LogP contribution in [0.2, 0.25) is 0 Å². The number of likely N-dealkylation sites (tertiary alicyclic amines) is 1. The Morgan fingerprint density at radius 1 is 1.39 bits per heavy atom. The minimum absolute atomic E-state index is 0.477. The first-order valence-corrected chi connectivity index (χ1v) is 7.42. The highest BCUT2D eigenvalue weighted by Crippen LogP contribution is 2.15. The molecule has 0 saturated carbocycles. The molecule has 0 aromatic heterocycles. The predicted molar refractivity (Wildman–Crippen MR) is 79.1 cm³/mol. The van der Waals surface area contributed by atoms with Crippen molar-refractivity contribution in [3.63, 3.8) is 0 Å². The molecule has 0 spiro atoms. The maximum Gasteiger partial charge on any atom is 0.191 e. The molecule has 2 N–H and O–H groups in total. The zero-order valence-corrected chi connectivity index (χ0v) is 12.5. The quantitative estimate of drug-likeness (QED) is 0.581. The van der Waals surface area contributed by atoms with Crippen LogP contribution >= 0.6 is 0 Å². The second kappa shape index (κ2) is 8.35. The molecule has 4 heteroatoms. The van der Waals surface area contributed by atoms with Crippen LogP contribution in [0.3, 0.4) is 0 Å². The molecule has 1 heterocycles. The number of guanidine groups is 1. The molecule has 0 aliphatic carbocycles. The Labute approximate surface area is 112 Å². The molecule has 2 atom stereocenters. The average molecular weight is 254 g/mol. The van der Waals surface area contributed by atoms with Crippen molar-refractivity contribution in [1.82, 2.24) is 15.5 Å². The number of hydrogen-bond acceptors (Lipinski definition) is 2. The fourth-order valence-electron chi connectivity index (χ4n) is 2.45. The molecule has 0 amide bonds. The van der Waals surface area contributed by atoms with Gasteiger partial charge in [0.05, 0.1) is 0 Å². The Bertz CT molecular complexity index is 252. The van der Waals surface area contributed by atoms with Crippen LogP contribution < -0.4 is 10.6 Å². The summed E-state index contributed by atoms with van der Waals surface area (Å²) < 4.78 is 0. The van der Waals surface area contributed by atoms with Gasteiger partial charge in [-0.1, -0.05) is 20.3 Å². The van der Waals surface area contributed by atoms with Gasteiger partial charge in [-0.2, -0.15) is 0 Å². The summed E-state index contributed by atoms with van der Waals surface area (Å²) in [6.07, 6.45) is 5.14. The van der Waals surface area contributed by atoms with Crippen LogP contribution in [-0.2, 0) is 0 Å². The van der Waals surface area contributed by atoms with Crippen molar-refractivity contribution in [2.24, 2.45) is 4.99 Å². The molecule has 1 aliphatic rings. The van der Waals surface area contributed by atoms with Crippen molar-refractivity contribution in [2.45, 2.75) is 58.5 Å². The van der Waals surface area contributed by atoms with Gasteiger partial charge in [0.25, 0.3) is 0 Å². The minimum Gasteiger partial charge on any atom is -0.355 e. The normalized spacial score (nSPS) is 23.8. The van der Waals surface area contributed by atoms with E-state index in [0.29, 0.717) is 12.1 Å². The maximum absolute atomic E-state index is 4.29. The molecule has 1 aliphatic heterocycles. The number of aliphatic imine (C=N–C) groups is 1. The lowest BCUT2D eigenvalue weighted by atomic mass is 10.0. The highest BCUT2D eigenvalue weighted by Gasteiger charge is 2.20. The maximum atomic E-state index is 4.29. The zero-order chi connectivity index (χ0) is 13.4. The monoisotopic (exact) mass is 254 g/mol. The first-order chi connectivity index (χ1) is 8.71. The third-order valence-corrected chi connectivity index (χ3v) is 3.88. The molecule has 1 fully saturated rings. The van der Waals surface area contributed by atoms with Crippen molar-refractivity contribution in [1.29, 1.82) is 0 Å². The summed E-state index contributed by atoms with van der Waals surface area (Å²) in [7, 11) is 1.84. The third kappa shape index (κ3) is 4.84. The first-order valence-electron chi connectivity index (χ1n) is 7.42. The lowest BCUT2D eigenvalue weighted by molar-refractivity contribution is 0.157. The second-order valence-corrected chi connectivity index (χ2v) is 5.18. The highest BCUT2D eigenvalue weighted by atomic mass is 15.2. The van der Waals surface area contributed by atoms with E-state index in [1.54, 1.807) is 0 Å². The summed E-state index contributed by atoms with van der Waals surface area (Å²) in [6.45, 7) is 10.0. The number of rotatable bonds is 5. The van der Waals surface area contributed by atoms with Gasteiger partial charge in [-0.25, -0.2) is 0 Å². The van der Waals surface area contributed by atoms with Gasteiger partial charge in [-0.15, -0.1) is 0 Å².